The largest absolute Gasteiger partial charge is 0.462 e. The van der Waals surface area contributed by atoms with Crippen molar-refractivity contribution in [3.63, 3.8) is 0 Å². The zero-order chi connectivity index (χ0) is 18.2. The highest BCUT2D eigenvalue weighted by atomic mass is 35.5. The van der Waals surface area contributed by atoms with Crippen LogP contribution in [-0.2, 0) is 21.8 Å². The van der Waals surface area contributed by atoms with Gasteiger partial charge in [0, 0.05) is 7.05 Å². The average molecular weight is 417 g/mol. The highest BCUT2D eigenvalue weighted by Crippen LogP contribution is 2.27. The Morgan fingerprint density at radius 3 is 2.68 bits per heavy atom. The van der Waals surface area contributed by atoms with E-state index in [1.807, 2.05) is 0 Å². The topological polar surface area (TPSA) is 77.7 Å². The van der Waals surface area contributed by atoms with Gasteiger partial charge in [-0.25, -0.2) is 4.79 Å². The summed E-state index contributed by atoms with van der Waals surface area (Å²) in [5.74, 6) is -0.417. The SMILES string of the molecule is CCOC(=O)c1ccc2c(c1)s/c(=N\S(=O)(=O)c1ccc(Cl)s1)n2C. The number of aromatic nitrogens is 1. The molecule has 0 radical (unpaired) electrons. The van der Waals surface area contributed by atoms with Gasteiger partial charge in [-0.2, -0.15) is 8.42 Å². The van der Waals surface area contributed by atoms with E-state index in [9.17, 15) is 13.2 Å². The number of fused-ring (bicyclic) bond motifs is 1. The van der Waals surface area contributed by atoms with Crippen LogP contribution in [0.1, 0.15) is 17.3 Å². The molecule has 0 N–H and O–H groups in total. The van der Waals surface area contributed by atoms with Crippen molar-refractivity contribution < 1.29 is 17.9 Å². The van der Waals surface area contributed by atoms with Crippen LogP contribution in [0, 0.1) is 0 Å². The second-order valence-corrected chi connectivity index (χ2v) is 9.53. The van der Waals surface area contributed by atoms with Crippen molar-refractivity contribution in [3.05, 3.63) is 45.0 Å². The maximum absolute atomic E-state index is 12.4. The van der Waals surface area contributed by atoms with Crippen LogP contribution in [0.15, 0.2) is 38.9 Å². The lowest BCUT2D eigenvalue weighted by molar-refractivity contribution is 0.0526. The summed E-state index contributed by atoms with van der Waals surface area (Å²) in [6.07, 6.45) is 0. The van der Waals surface area contributed by atoms with E-state index >= 15 is 0 Å². The molecule has 0 aliphatic heterocycles. The van der Waals surface area contributed by atoms with Crippen molar-refractivity contribution in [2.24, 2.45) is 11.4 Å². The van der Waals surface area contributed by atoms with Crippen LogP contribution in [0.25, 0.3) is 10.2 Å². The fourth-order valence-corrected chi connectivity index (χ4v) is 5.89. The molecule has 0 aliphatic carbocycles. The van der Waals surface area contributed by atoms with Gasteiger partial charge < -0.3 is 9.30 Å². The molecule has 6 nitrogen and oxygen atoms in total. The number of thiophene rings is 1. The second kappa shape index (κ2) is 6.91. The normalized spacial score (nSPS) is 12.7. The molecule has 0 fully saturated rings. The first kappa shape index (κ1) is 18.1. The molecule has 0 bridgehead atoms. The number of hydrogen-bond donors (Lipinski definition) is 0. The first-order chi connectivity index (χ1) is 11.8. The number of carbonyl (C=O) groups excluding carboxylic acids is 1. The minimum atomic E-state index is -3.84. The van der Waals surface area contributed by atoms with Crippen molar-refractivity contribution >= 4 is 60.5 Å². The predicted molar refractivity (Wildman–Crippen MR) is 98.8 cm³/mol. The van der Waals surface area contributed by atoms with Crippen LogP contribution in [0.4, 0.5) is 0 Å². The van der Waals surface area contributed by atoms with Gasteiger partial charge >= 0.3 is 5.97 Å². The maximum atomic E-state index is 12.4. The number of hydrogen-bond acceptors (Lipinski definition) is 6. The molecular weight excluding hydrogens is 404 g/mol. The van der Waals surface area contributed by atoms with Crippen LogP contribution in [0.2, 0.25) is 4.34 Å². The molecule has 2 heterocycles. The number of sulfonamides is 1. The van der Waals surface area contributed by atoms with Gasteiger partial charge in [-0.1, -0.05) is 22.9 Å². The monoisotopic (exact) mass is 416 g/mol. The van der Waals surface area contributed by atoms with E-state index in [-0.39, 0.29) is 10.8 Å². The third kappa shape index (κ3) is 3.64. The lowest BCUT2D eigenvalue weighted by Gasteiger charge is -2.01. The van der Waals surface area contributed by atoms with Crippen LogP contribution in [0.5, 0.6) is 0 Å². The zero-order valence-electron chi connectivity index (χ0n) is 13.2. The van der Waals surface area contributed by atoms with E-state index in [0.29, 0.717) is 14.7 Å². The smallest absolute Gasteiger partial charge is 0.338 e. The molecule has 2 aromatic heterocycles. The number of rotatable bonds is 4. The summed E-state index contributed by atoms with van der Waals surface area (Å²) in [5.41, 5.74) is 1.19. The van der Waals surface area contributed by atoms with Crippen LogP contribution in [0.3, 0.4) is 0 Å². The quantitative estimate of drug-likeness (QED) is 0.610. The minimum Gasteiger partial charge on any atom is -0.462 e. The standard InChI is InChI=1S/C15H13ClN2O4S3/c1-3-22-14(19)9-4-5-10-11(8-9)23-15(18(10)2)17-25(20,21)13-7-6-12(16)24-13/h4-8H,3H2,1-2H3/b17-15-. The number of aryl methyl sites for hydroxylation is 1. The van der Waals surface area contributed by atoms with Crippen molar-refractivity contribution in [3.8, 4) is 0 Å². The summed E-state index contributed by atoms with van der Waals surface area (Å²) in [4.78, 5) is 12.1. The lowest BCUT2D eigenvalue weighted by atomic mass is 10.2. The van der Waals surface area contributed by atoms with E-state index in [1.54, 1.807) is 36.7 Å². The van der Waals surface area contributed by atoms with Crippen molar-refractivity contribution in [1.82, 2.24) is 4.57 Å². The first-order valence-electron chi connectivity index (χ1n) is 7.15. The third-order valence-corrected chi connectivity index (χ3v) is 7.50. The maximum Gasteiger partial charge on any atom is 0.338 e. The molecular formula is C15H13ClN2O4S3. The number of carbonyl (C=O) groups is 1. The molecule has 0 saturated heterocycles. The molecule has 0 saturated carbocycles. The Hall–Kier alpha value is -1.68. The average Bonchev–Trinajstić information content (AvgIpc) is 3.12. The fourth-order valence-electron chi connectivity index (χ4n) is 2.15. The van der Waals surface area contributed by atoms with Gasteiger partial charge in [-0.05, 0) is 37.3 Å². The van der Waals surface area contributed by atoms with Gasteiger partial charge in [-0.15, -0.1) is 15.7 Å². The van der Waals surface area contributed by atoms with Gasteiger partial charge in [-0.3, -0.25) is 0 Å². The number of ether oxygens (including phenoxy) is 1. The number of esters is 1. The fraction of sp³-hybridized carbons (Fsp3) is 0.200. The molecule has 0 spiro atoms. The highest BCUT2D eigenvalue weighted by molar-refractivity contribution is 7.92. The number of halogens is 1. The van der Waals surface area contributed by atoms with E-state index in [1.165, 1.54) is 23.5 Å². The summed E-state index contributed by atoms with van der Waals surface area (Å²) in [7, 11) is -2.12. The summed E-state index contributed by atoms with van der Waals surface area (Å²) in [6.45, 7) is 2.03. The lowest BCUT2D eigenvalue weighted by Crippen LogP contribution is -2.13. The molecule has 3 rings (SSSR count). The Morgan fingerprint density at radius 2 is 2.04 bits per heavy atom. The van der Waals surface area contributed by atoms with E-state index in [2.05, 4.69) is 4.40 Å². The van der Waals surface area contributed by atoms with Crippen LogP contribution < -0.4 is 4.80 Å². The predicted octanol–water partition coefficient (Wildman–Crippen LogP) is 3.42. The summed E-state index contributed by atoms with van der Waals surface area (Å²) in [5, 5.41) is 0. The summed E-state index contributed by atoms with van der Waals surface area (Å²) >= 11 is 7.94. The van der Waals surface area contributed by atoms with Crippen LogP contribution in [-0.4, -0.2) is 25.6 Å². The summed E-state index contributed by atoms with van der Waals surface area (Å²) < 4.78 is 36.6. The van der Waals surface area contributed by atoms with Crippen molar-refractivity contribution in [2.45, 2.75) is 11.1 Å². The molecule has 132 valence electrons. The Balaban J connectivity index is 2.11. The number of nitrogens with zero attached hydrogens (tertiary/aromatic N) is 2. The van der Waals surface area contributed by atoms with E-state index in [4.69, 9.17) is 16.3 Å². The van der Waals surface area contributed by atoms with Gasteiger partial charge in [0.05, 0.1) is 26.7 Å². The summed E-state index contributed by atoms with van der Waals surface area (Å²) in [6, 6.07) is 8.00. The molecule has 1 aromatic carbocycles. The minimum absolute atomic E-state index is 0.0853. The Bertz CT molecular complexity index is 1130. The van der Waals surface area contributed by atoms with Gasteiger partial charge in [0.2, 0.25) is 4.80 Å². The van der Waals surface area contributed by atoms with Gasteiger partial charge in [0.15, 0.2) is 0 Å². The number of benzene rings is 1. The Kier molecular flexibility index (Phi) is 5.01. The molecule has 0 aliphatic rings. The molecule has 10 heteroatoms. The Labute approximate surface area is 157 Å². The highest BCUT2D eigenvalue weighted by Gasteiger charge is 2.17. The Morgan fingerprint density at radius 1 is 1.28 bits per heavy atom. The first-order valence-corrected chi connectivity index (χ1v) is 10.6. The van der Waals surface area contributed by atoms with Gasteiger partial charge in [0.25, 0.3) is 10.0 Å². The van der Waals surface area contributed by atoms with E-state index < -0.39 is 16.0 Å². The van der Waals surface area contributed by atoms with Crippen LogP contribution >= 0.6 is 34.3 Å². The van der Waals surface area contributed by atoms with Gasteiger partial charge in [0.1, 0.15) is 4.21 Å². The zero-order valence-corrected chi connectivity index (χ0v) is 16.4. The molecule has 3 aromatic rings. The molecule has 0 amide bonds. The van der Waals surface area contributed by atoms with Crippen molar-refractivity contribution in [2.75, 3.05) is 6.61 Å². The number of thiazole rings is 1. The molecule has 0 atom stereocenters. The molecule has 0 unspecified atom stereocenters. The third-order valence-electron chi connectivity index (χ3n) is 3.32. The van der Waals surface area contributed by atoms with E-state index in [0.717, 1.165) is 21.6 Å². The van der Waals surface area contributed by atoms with Crippen molar-refractivity contribution in [1.29, 1.82) is 0 Å². The molecule has 25 heavy (non-hydrogen) atoms. The second-order valence-electron chi connectivity index (χ2n) is 4.97.